The fourth-order valence-electron chi connectivity index (χ4n) is 1.45. The molecule has 5 heteroatoms. The molecule has 0 saturated carbocycles. The number of carbonyl (C=O) groups excluding carboxylic acids is 1. The van der Waals surface area contributed by atoms with Crippen molar-refractivity contribution in [3.63, 3.8) is 0 Å². The van der Waals surface area contributed by atoms with Crippen LogP contribution in [0, 0.1) is 0 Å². The molecule has 0 atom stereocenters. The average Bonchev–Trinajstić information content (AvgIpc) is 2.41. The molecule has 0 unspecified atom stereocenters. The minimum atomic E-state index is -0.553. The molecule has 0 aromatic heterocycles. The largest absolute Gasteiger partial charge is 0.508 e. The Bertz CT molecular complexity index is 649. The number of ether oxygens (including phenoxy) is 1. The molecule has 2 rings (SSSR count). The van der Waals surface area contributed by atoms with Crippen LogP contribution in [0.4, 0.5) is 0 Å². The number of hydrogen-bond acceptors (Lipinski definition) is 3. The van der Waals surface area contributed by atoms with Crippen LogP contribution in [0.5, 0.6) is 11.5 Å². The summed E-state index contributed by atoms with van der Waals surface area (Å²) in [5, 5.41) is 9.88. The van der Waals surface area contributed by atoms with Gasteiger partial charge in [-0.15, -0.1) is 0 Å². The van der Waals surface area contributed by atoms with E-state index in [1.54, 1.807) is 24.3 Å². The summed E-state index contributed by atoms with van der Waals surface area (Å²) in [5.41, 5.74) is 0.766. The second kappa shape index (κ2) is 6.46. The quantitative estimate of drug-likeness (QED) is 0.522. The lowest BCUT2D eigenvalue weighted by atomic mass is 10.2. The molecular formula is C15H10Cl2O3. The molecule has 0 aliphatic carbocycles. The van der Waals surface area contributed by atoms with E-state index in [1.807, 2.05) is 0 Å². The van der Waals surface area contributed by atoms with E-state index in [-0.39, 0.29) is 16.5 Å². The number of phenols is 1. The van der Waals surface area contributed by atoms with Gasteiger partial charge in [-0.3, -0.25) is 0 Å². The van der Waals surface area contributed by atoms with Crippen LogP contribution in [0.15, 0.2) is 48.5 Å². The van der Waals surface area contributed by atoms with Gasteiger partial charge < -0.3 is 9.84 Å². The second-order valence-electron chi connectivity index (χ2n) is 3.92. The monoisotopic (exact) mass is 308 g/mol. The SMILES string of the molecule is O=C(/C=C/c1ccc(O)cc1)Oc1ccc(Cl)cc1Cl. The summed E-state index contributed by atoms with van der Waals surface area (Å²) in [5.74, 6) is -0.142. The summed E-state index contributed by atoms with van der Waals surface area (Å²) in [4.78, 5) is 11.6. The van der Waals surface area contributed by atoms with Gasteiger partial charge in [0.2, 0.25) is 0 Å². The van der Waals surface area contributed by atoms with Crippen molar-refractivity contribution in [2.75, 3.05) is 0 Å². The molecule has 0 saturated heterocycles. The third kappa shape index (κ3) is 4.02. The van der Waals surface area contributed by atoms with E-state index < -0.39 is 5.97 Å². The van der Waals surface area contributed by atoms with Crippen molar-refractivity contribution in [2.45, 2.75) is 0 Å². The molecule has 0 aliphatic heterocycles. The molecule has 2 aromatic rings. The summed E-state index contributed by atoms with van der Waals surface area (Å²) < 4.78 is 5.08. The molecular weight excluding hydrogens is 299 g/mol. The van der Waals surface area contributed by atoms with E-state index in [0.29, 0.717) is 5.02 Å². The average molecular weight is 309 g/mol. The fraction of sp³-hybridized carbons (Fsp3) is 0. The van der Waals surface area contributed by atoms with Crippen molar-refractivity contribution in [3.05, 3.63) is 64.1 Å². The van der Waals surface area contributed by atoms with Crippen LogP contribution < -0.4 is 4.74 Å². The van der Waals surface area contributed by atoms with Gasteiger partial charge in [-0.2, -0.15) is 0 Å². The van der Waals surface area contributed by atoms with Crippen molar-refractivity contribution in [2.24, 2.45) is 0 Å². The lowest BCUT2D eigenvalue weighted by Crippen LogP contribution is -2.03. The van der Waals surface area contributed by atoms with Crippen LogP contribution in [0.1, 0.15) is 5.56 Å². The van der Waals surface area contributed by atoms with Gasteiger partial charge in [-0.25, -0.2) is 4.79 Å². The molecule has 102 valence electrons. The van der Waals surface area contributed by atoms with Crippen LogP contribution in [0.25, 0.3) is 6.08 Å². The maximum absolute atomic E-state index is 11.6. The molecule has 20 heavy (non-hydrogen) atoms. The predicted octanol–water partition coefficient (Wildman–Crippen LogP) is 4.32. The van der Waals surface area contributed by atoms with E-state index in [9.17, 15) is 4.79 Å². The zero-order valence-corrected chi connectivity index (χ0v) is 11.7. The molecule has 3 nitrogen and oxygen atoms in total. The topological polar surface area (TPSA) is 46.5 Å². The fourth-order valence-corrected chi connectivity index (χ4v) is 1.90. The number of benzene rings is 2. The van der Waals surface area contributed by atoms with Crippen molar-refractivity contribution < 1.29 is 14.6 Å². The molecule has 0 amide bonds. The van der Waals surface area contributed by atoms with Crippen LogP contribution >= 0.6 is 23.2 Å². The number of phenolic OH excluding ortho intramolecular Hbond substituents is 1. The summed E-state index contributed by atoms with van der Waals surface area (Å²) >= 11 is 11.6. The summed E-state index contributed by atoms with van der Waals surface area (Å²) in [6.45, 7) is 0. The Labute approximate surface area is 126 Å². The van der Waals surface area contributed by atoms with E-state index in [1.165, 1.54) is 30.3 Å². The van der Waals surface area contributed by atoms with Gasteiger partial charge in [0.05, 0.1) is 5.02 Å². The molecule has 0 heterocycles. The van der Waals surface area contributed by atoms with Crippen molar-refractivity contribution >= 4 is 35.2 Å². The Morgan fingerprint density at radius 3 is 2.45 bits per heavy atom. The standard InChI is InChI=1S/C15H10Cl2O3/c16-11-4-7-14(13(17)9-11)20-15(19)8-3-10-1-5-12(18)6-2-10/h1-9,18H/b8-3+. The third-order valence-electron chi connectivity index (χ3n) is 2.41. The zero-order chi connectivity index (χ0) is 14.5. The summed E-state index contributed by atoms with van der Waals surface area (Å²) in [6, 6.07) is 11.0. The van der Waals surface area contributed by atoms with Crippen LogP contribution in [-0.2, 0) is 4.79 Å². The Morgan fingerprint density at radius 2 is 1.80 bits per heavy atom. The van der Waals surface area contributed by atoms with E-state index in [2.05, 4.69) is 0 Å². The van der Waals surface area contributed by atoms with Crippen molar-refractivity contribution in [1.82, 2.24) is 0 Å². The highest BCUT2D eigenvalue weighted by atomic mass is 35.5. The van der Waals surface area contributed by atoms with Crippen molar-refractivity contribution in [1.29, 1.82) is 0 Å². The first kappa shape index (κ1) is 14.4. The number of esters is 1. The number of hydrogen-bond donors (Lipinski definition) is 1. The minimum Gasteiger partial charge on any atom is -0.508 e. The maximum Gasteiger partial charge on any atom is 0.336 e. The number of rotatable bonds is 3. The minimum absolute atomic E-state index is 0.165. The lowest BCUT2D eigenvalue weighted by molar-refractivity contribution is -0.128. The van der Waals surface area contributed by atoms with Gasteiger partial charge in [-0.05, 0) is 42.0 Å². The van der Waals surface area contributed by atoms with Gasteiger partial charge in [0, 0.05) is 11.1 Å². The Kier molecular flexibility index (Phi) is 4.66. The number of halogens is 2. The Balaban J connectivity index is 2.03. The lowest BCUT2D eigenvalue weighted by Gasteiger charge is -2.03. The molecule has 0 bridgehead atoms. The molecule has 0 radical (unpaired) electrons. The number of carbonyl (C=O) groups is 1. The van der Waals surface area contributed by atoms with Crippen LogP contribution in [-0.4, -0.2) is 11.1 Å². The van der Waals surface area contributed by atoms with E-state index >= 15 is 0 Å². The first-order valence-corrected chi connectivity index (χ1v) is 6.44. The molecule has 0 fully saturated rings. The summed E-state index contributed by atoms with van der Waals surface area (Å²) in [7, 11) is 0. The van der Waals surface area contributed by atoms with Gasteiger partial charge in [0.15, 0.2) is 0 Å². The molecule has 2 aromatic carbocycles. The highest BCUT2D eigenvalue weighted by molar-refractivity contribution is 6.35. The van der Waals surface area contributed by atoms with Gasteiger partial charge >= 0.3 is 5.97 Å². The van der Waals surface area contributed by atoms with E-state index in [4.69, 9.17) is 33.0 Å². The molecule has 0 spiro atoms. The maximum atomic E-state index is 11.6. The zero-order valence-electron chi connectivity index (χ0n) is 10.2. The first-order chi connectivity index (χ1) is 9.54. The second-order valence-corrected chi connectivity index (χ2v) is 4.76. The third-order valence-corrected chi connectivity index (χ3v) is 2.94. The number of aromatic hydroxyl groups is 1. The van der Waals surface area contributed by atoms with Crippen LogP contribution in [0.3, 0.4) is 0 Å². The van der Waals surface area contributed by atoms with Crippen molar-refractivity contribution in [3.8, 4) is 11.5 Å². The highest BCUT2D eigenvalue weighted by Gasteiger charge is 2.06. The van der Waals surface area contributed by atoms with Gasteiger partial charge in [0.25, 0.3) is 0 Å². The van der Waals surface area contributed by atoms with Gasteiger partial charge in [0.1, 0.15) is 11.5 Å². The first-order valence-electron chi connectivity index (χ1n) is 5.68. The smallest absolute Gasteiger partial charge is 0.336 e. The Hall–Kier alpha value is -1.97. The van der Waals surface area contributed by atoms with Gasteiger partial charge in [-0.1, -0.05) is 35.3 Å². The highest BCUT2D eigenvalue weighted by Crippen LogP contribution is 2.27. The van der Waals surface area contributed by atoms with Crippen LogP contribution in [0.2, 0.25) is 10.0 Å². The van der Waals surface area contributed by atoms with E-state index in [0.717, 1.165) is 5.56 Å². The summed E-state index contributed by atoms with van der Waals surface area (Å²) in [6.07, 6.45) is 2.85. The Morgan fingerprint density at radius 1 is 1.10 bits per heavy atom. The predicted molar refractivity (Wildman–Crippen MR) is 79.2 cm³/mol. The molecule has 0 aliphatic rings. The molecule has 1 N–H and O–H groups in total. The normalized spacial score (nSPS) is 10.7.